The van der Waals surface area contributed by atoms with E-state index in [4.69, 9.17) is 9.47 Å². The van der Waals surface area contributed by atoms with Gasteiger partial charge >= 0.3 is 0 Å². The summed E-state index contributed by atoms with van der Waals surface area (Å²) in [5.41, 5.74) is 0.655. The molecule has 0 unspecified atom stereocenters. The van der Waals surface area contributed by atoms with Crippen molar-refractivity contribution in [2.45, 2.75) is 25.8 Å². The quantitative estimate of drug-likeness (QED) is 0.850. The molecule has 4 rings (SSSR count). The molecule has 1 aromatic heterocycles. The molecular weight excluding hydrogens is 306 g/mol. The molecule has 0 saturated carbocycles. The second-order valence-corrected chi connectivity index (χ2v) is 6.29. The zero-order valence-corrected chi connectivity index (χ0v) is 13.8. The lowest BCUT2D eigenvalue weighted by Gasteiger charge is -2.34. The summed E-state index contributed by atoms with van der Waals surface area (Å²) in [6.45, 7) is 4.58. The Kier molecular flexibility index (Phi) is 3.88. The third-order valence-electron chi connectivity index (χ3n) is 4.73. The van der Waals surface area contributed by atoms with Crippen LogP contribution < -0.4 is 9.47 Å². The molecule has 2 aromatic rings. The van der Waals surface area contributed by atoms with E-state index in [2.05, 4.69) is 9.55 Å². The number of fused-ring (bicyclic) bond motifs is 1. The van der Waals surface area contributed by atoms with Crippen LogP contribution in [-0.2, 0) is 0 Å². The molecule has 0 bridgehead atoms. The van der Waals surface area contributed by atoms with Gasteiger partial charge in [-0.2, -0.15) is 0 Å². The number of aromatic nitrogens is 2. The van der Waals surface area contributed by atoms with Crippen LogP contribution >= 0.6 is 0 Å². The van der Waals surface area contributed by atoms with Crippen LogP contribution in [0, 0.1) is 6.92 Å². The lowest BCUT2D eigenvalue weighted by Crippen LogP contribution is -2.40. The summed E-state index contributed by atoms with van der Waals surface area (Å²) in [5.74, 6) is 2.41. The third-order valence-corrected chi connectivity index (χ3v) is 4.73. The van der Waals surface area contributed by atoms with E-state index in [1.165, 1.54) is 0 Å². The monoisotopic (exact) mass is 327 g/mol. The van der Waals surface area contributed by atoms with Crippen LogP contribution in [0.25, 0.3) is 0 Å². The van der Waals surface area contributed by atoms with Crippen molar-refractivity contribution in [1.29, 1.82) is 0 Å². The summed E-state index contributed by atoms with van der Waals surface area (Å²) in [5, 5.41) is 0. The number of nitrogens with zero attached hydrogens (tertiary/aromatic N) is 3. The Labute approximate surface area is 141 Å². The van der Waals surface area contributed by atoms with Crippen molar-refractivity contribution in [2.75, 3.05) is 26.3 Å². The predicted octanol–water partition coefficient (Wildman–Crippen LogP) is 2.44. The molecule has 3 heterocycles. The highest BCUT2D eigenvalue weighted by molar-refractivity contribution is 5.95. The Balaban J connectivity index is 1.52. The number of piperidine rings is 1. The summed E-state index contributed by atoms with van der Waals surface area (Å²) in [7, 11) is 0. The van der Waals surface area contributed by atoms with Gasteiger partial charge in [0, 0.05) is 31.0 Å². The fraction of sp³-hybridized carbons (Fsp3) is 0.444. The third kappa shape index (κ3) is 2.72. The summed E-state index contributed by atoms with van der Waals surface area (Å²) in [6.07, 6.45) is 5.88. The molecule has 2 aliphatic rings. The zero-order valence-electron chi connectivity index (χ0n) is 13.8. The normalized spacial score (nSPS) is 20.0. The van der Waals surface area contributed by atoms with E-state index in [1.807, 2.05) is 36.4 Å². The standard InChI is InChI=1S/C18H21N3O3/c1-13-19-6-8-21(13)15-3-2-7-20(12-15)18(22)14-4-5-16-17(11-14)24-10-9-23-16/h4-6,8,11,15H,2-3,7,9-10,12H2,1H3/t15-/m1/s1. The molecule has 1 fully saturated rings. The molecule has 1 amide bonds. The minimum atomic E-state index is 0.0504. The maximum atomic E-state index is 12.9. The first-order valence-electron chi connectivity index (χ1n) is 8.41. The number of amides is 1. The number of carbonyl (C=O) groups excluding carboxylic acids is 1. The van der Waals surface area contributed by atoms with E-state index in [0.717, 1.165) is 25.2 Å². The van der Waals surface area contributed by atoms with E-state index >= 15 is 0 Å². The van der Waals surface area contributed by atoms with Crippen molar-refractivity contribution in [3.63, 3.8) is 0 Å². The van der Waals surface area contributed by atoms with Crippen molar-refractivity contribution in [1.82, 2.24) is 14.5 Å². The van der Waals surface area contributed by atoms with Crippen molar-refractivity contribution >= 4 is 5.91 Å². The largest absolute Gasteiger partial charge is 0.486 e. The number of hydrogen-bond donors (Lipinski definition) is 0. The first kappa shape index (κ1) is 15.1. The molecule has 0 radical (unpaired) electrons. The summed E-state index contributed by atoms with van der Waals surface area (Å²) < 4.78 is 13.3. The molecular formula is C18H21N3O3. The molecule has 0 N–H and O–H groups in total. The molecule has 2 aliphatic heterocycles. The van der Waals surface area contributed by atoms with E-state index in [9.17, 15) is 4.79 Å². The van der Waals surface area contributed by atoms with Crippen molar-refractivity contribution in [3.8, 4) is 11.5 Å². The Hall–Kier alpha value is -2.50. The van der Waals surface area contributed by atoms with Crippen LogP contribution in [0.5, 0.6) is 11.5 Å². The van der Waals surface area contributed by atoms with E-state index in [0.29, 0.717) is 42.9 Å². The smallest absolute Gasteiger partial charge is 0.254 e. The van der Waals surface area contributed by atoms with Crippen molar-refractivity contribution in [3.05, 3.63) is 42.0 Å². The number of aryl methyl sites for hydroxylation is 1. The number of imidazole rings is 1. The van der Waals surface area contributed by atoms with Gasteiger partial charge in [0.2, 0.25) is 0 Å². The fourth-order valence-electron chi connectivity index (χ4n) is 3.50. The average molecular weight is 327 g/mol. The van der Waals surface area contributed by atoms with Gasteiger partial charge in [-0.05, 0) is 38.0 Å². The van der Waals surface area contributed by atoms with E-state index < -0.39 is 0 Å². The number of benzene rings is 1. The van der Waals surface area contributed by atoms with Crippen LogP contribution in [-0.4, -0.2) is 46.7 Å². The lowest BCUT2D eigenvalue weighted by molar-refractivity contribution is 0.0677. The summed E-state index contributed by atoms with van der Waals surface area (Å²) in [6, 6.07) is 5.73. The fourth-order valence-corrected chi connectivity index (χ4v) is 3.50. The number of rotatable bonds is 2. The van der Waals surface area contributed by atoms with E-state index in [1.54, 1.807) is 6.07 Å². The minimum Gasteiger partial charge on any atom is -0.486 e. The van der Waals surface area contributed by atoms with Gasteiger partial charge in [0.25, 0.3) is 5.91 Å². The summed E-state index contributed by atoms with van der Waals surface area (Å²) >= 11 is 0. The Bertz CT molecular complexity index is 756. The highest BCUT2D eigenvalue weighted by atomic mass is 16.6. The first-order chi connectivity index (χ1) is 11.7. The van der Waals surface area contributed by atoms with E-state index in [-0.39, 0.29) is 5.91 Å². The molecule has 0 spiro atoms. The maximum Gasteiger partial charge on any atom is 0.254 e. The Morgan fingerprint density at radius 3 is 2.88 bits per heavy atom. The topological polar surface area (TPSA) is 56.6 Å². The highest BCUT2D eigenvalue weighted by Crippen LogP contribution is 2.32. The first-order valence-corrected chi connectivity index (χ1v) is 8.41. The van der Waals surface area contributed by atoms with Crippen molar-refractivity contribution in [2.24, 2.45) is 0 Å². The molecule has 6 nitrogen and oxygen atoms in total. The zero-order chi connectivity index (χ0) is 16.5. The second-order valence-electron chi connectivity index (χ2n) is 6.29. The van der Waals surface area contributed by atoms with Gasteiger partial charge in [0.1, 0.15) is 19.0 Å². The van der Waals surface area contributed by atoms with Crippen LogP contribution in [0.2, 0.25) is 0 Å². The number of hydrogen-bond acceptors (Lipinski definition) is 4. The van der Waals surface area contributed by atoms with Gasteiger partial charge in [0.15, 0.2) is 11.5 Å². The number of carbonyl (C=O) groups is 1. The van der Waals surface area contributed by atoms with Gasteiger partial charge in [-0.1, -0.05) is 0 Å². The molecule has 0 aliphatic carbocycles. The molecule has 6 heteroatoms. The second kappa shape index (κ2) is 6.19. The Morgan fingerprint density at radius 2 is 2.08 bits per heavy atom. The molecule has 24 heavy (non-hydrogen) atoms. The summed E-state index contributed by atoms with van der Waals surface area (Å²) in [4.78, 5) is 19.1. The van der Waals surface area contributed by atoms with Crippen molar-refractivity contribution < 1.29 is 14.3 Å². The Morgan fingerprint density at radius 1 is 1.25 bits per heavy atom. The van der Waals surface area contributed by atoms with Gasteiger partial charge in [-0.25, -0.2) is 4.98 Å². The SMILES string of the molecule is Cc1nccn1[C@@H]1CCCN(C(=O)c2ccc3c(c2)OCCO3)C1. The highest BCUT2D eigenvalue weighted by Gasteiger charge is 2.27. The van der Waals surface area contributed by atoms with Crippen LogP contribution in [0.4, 0.5) is 0 Å². The molecule has 1 aromatic carbocycles. The lowest BCUT2D eigenvalue weighted by atomic mass is 10.0. The number of ether oxygens (including phenoxy) is 2. The predicted molar refractivity (Wildman–Crippen MR) is 88.6 cm³/mol. The van der Waals surface area contributed by atoms with Gasteiger partial charge < -0.3 is 18.9 Å². The average Bonchev–Trinajstić information content (AvgIpc) is 3.07. The maximum absolute atomic E-state index is 12.9. The molecule has 126 valence electrons. The van der Waals surface area contributed by atoms with Gasteiger partial charge in [0.05, 0.1) is 6.04 Å². The van der Waals surface area contributed by atoms with Gasteiger partial charge in [-0.15, -0.1) is 0 Å². The molecule has 1 atom stereocenters. The van der Waals surface area contributed by atoms with Crippen LogP contribution in [0.15, 0.2) is 30.6 Å². The van der Waals surface area contributed by atoms with Gasteiger partial charge in [-0.3, -0.25) is 4.79 Å². The van der Waals surface area contributed by atoms with Crippen LogP contribution in [0.3, 0.4) is 0 Å². The molecule has 1 saturated heterocycles. The number of likely N-dealkylation sites (tertiary alicyclic amines) is 1. The minimum absolute atomic E-state index is 0.0504. The van der Waals surface area contributed by atoms with Crippen LogP contribution in [0.1, 0.15) is 35.1 Å².